The highest BCUT2D eigenvalue weighted by molar-refractivity contribution is 7.85. The van der Waals surface area contributed by atoms with Gasteiger partial charge in [0.05, 0.1) is 5.02 Å². The molecule has 0 bridgehead atoms. The van der Waals surface area contributed by atoms with Crippen LogP contribution in [0.4, 0.5) is 0 Å². The molecule has 0 N–H and O–H groups in total. The molecule has 1 rings (SSSR count). The third kappa shape index (κ3) is 1.78. The summed E-state index contributed by atoms with van der Waals surface area (Å²) < 4.78 is 20.6. The molecule has 0 aliphatic heterocycles. The second kappa shape index (κ2) is 3.31. The lowest BCUT2D eigenvalue weighted by Gasteiger charge is -1.96. The van der Waals surface area contributed by atoms with Crippen molar-refractivity contribution in [3.63, 3.8) is 0 Å². The summed E-state index contributed by atoms with van der Waals surface area (Å²) in [6, 6.07) is 5.21. The number of halogens is 1. The molecule has 0 atom stereocenters. The van der Waals surface area contributed by atoms with E-state index < -0.39 is 19.2 Å². The van der Waals surface area contributed by atoms with Crippen LogP contribution in [0, 0.1) is 10.1 Å². The van der Waals surface area contributed by atoms with Crippen molar-refractivity contribution in [1.29, 1.82) is 0 Å². The number of benzene rings is 1. The summed E-state index contributed by atoms with van der Waals surface area (Å²) in [7, 11) is -4.52. The summed E-state index contributed by atoms with van der Waals surface area (Å²) in [4.78, 5) is 9.65. The molecule has 0 aliphatic carbocycles. The Morgan fingerprint density at radius 3 is 2.31 bits per heavy atom. The number of nitro groups is 1. The van der Waals surface area contributed by atoms with Crippen LogP contribution in [0.25, 0.3) is 0 Å². The molecule has 0 unspecified atom stereocenters. The molecule has 0 radical (unpaired) electrons. The summed E-state index contributed by atoms with van der Waals surface area (Å²) in [6.45, 7) is 0. The molecule has 0 saturated heterocycles. The van der Waals surface area contributed by atoms with Gasteiger partial charge in [-0.05, 0) is 12.1 Å². The Hall–Kier alpha value is -1.14. The van der Waals surface area contributed by atoms with Crippen LogP contribution < -0.4 is 0 Å². The first-order valence-corrected chi connectivity index (χ1v) is 4.92. The van der Waals surface area contributed by atoms with E-state index in [0.717, 1.165) is 6.07 Å². The predicted octanol–water partition coefficient (Wildman–Crippen LogP) is 1.31. The van der Waals surface area contributed by atoms with E-state index in [4.69, 9.17) is 11.6 Å². The predicted molar refractivity (Wildman–Crippen MR) is 45.6 cm³/mol. The number of sulfonamides is 1. The molecule has 0 amide bonds. The first-order chi connectivity index (χ1) is 5.96. The first kappa shape index (κ1) is 9.94. The maximum Gasteiger partial charge on any atom is 0.449 e. The van der Waals surface area contributed by atoms with Crippen molar-refractivity contribution in [3.05, 3.63) is 39.4 Å². The van der Waals surface area contributed by atoms with Crippen LogP contribution in [0.1, 0.15) is 0 Å². The Kier molecular flexibility index (Phi) is 2.53. The van der Waals surface area contributed by atoms with E-state index in [-0.39, 0.29) is 5.02 Å². The smallest absolute Gasteiger partial charge is 0.247 e. The van der Waals surface area contributed by atoms with E-state index in [0.29, 0.717) is 0 Å². The summed E-state index contributed by atoms with van der Waals surface area (Å²) in [5, 5.41) is 9.98. The highest BCUT2D eigenvalue weighted by Gasteiger charge is 2.28. The van der Waals surface area contributed by atoms with Gasteiger partial charge in [-0.2, -0.15) is 8.42 Å². The number of hydrogen-bond donors (Lipinski definition) is 0. The lowest BCUT2D eigenvalue weighted by molar-refractivity contribution is -0.305. The van der Waals surface area contributed by atoms with Gasteiger partial charge in [-0.3, -0.25) is 0 Å². The van der Waals surface area contributed by atoms with E-state index in [2.05, 4.69) is 0 Å². The molecular formula is C6H4ClNO4S. The van der Waals surface area contributed by atoms with Crippen molar-refractivity contribution >= 4 is 21.6 Å². The standard InChI is InChI=1S/C6H4ClNO4S/c7-5-3-1-2-4-6(5)13(11,12)8(9)10/h1-4H. The first-order valence-electron chi connectivity index (χ1n) is 3.10. The van der Waals surface area contributed by atoms with Gasteiger partial charge in [-0.25, -0.2) is 10.1 Å². The lowest BCUT2D eigenvalue weighted by atomic mass is 10.4. The maximum absolute atomic E-state index is 11.0. The maximum atomic E-state index is 11.0. The molecule has 0 saturated carbocycles. The molecular weight excluding hydrogens is 218 g/mol. The van der Waals surface area contributed by atoms with Crippen LogP contribution in [-0.2, 0) is 10.0 Å². The Bertz CT molecular complexity index is 442. The van der Waals surface area contributed by atoms with E-state index >= 15 is 0 Å². The van der Waals surface area contributed by atoms with E-state index in [1.807, 2.05) is 0 Å². The van der Waals surface area contributed by atoms with Crippen LogP contribution in [0.2, 0.25) is 5.02 Å². The minimum absolute atomic E-state index is 0.154. The molecule has 0 fully saturated rings. The van der Waals surface area contributed by atoms with Crippen molar-refractivity contribution in [2.45, 2.75) is 4.90 Å². The Balaban J connectivity index is 3.40. The molecule has 0 aliphatic rings. The zero-order valence-corrected chi connectivity index (χ0v) is 7.75. The van der Waals surface area contributed by atoms with Crippen molar-refractivity contribution in [1.82, 2.24) is 0 Å². The molecule has 7 heteroatoms. The summed E-state index contributed by atoms with van der Waals surface area (Å²) in [6.07, 6.45) is 0. The van der Waals surface area contributed by atoms with Gasteiger partial charge in [0.1, 0.15) is 0 Å². The number of nitrogens with zero attached hydrogens (tertiary/aromatic N) is 1. The molecule has 13 heavy (non-hydrogen) atoms. The zero-order valence-electron chi connectivity index (χ0n) is 6.18. The molecule has 70 valence electrons. The third-order valence-corrected chi connectivity index (χ3v) is 3.06. The van der Waals surface area contributed by atoms with Gasteiger partial charge < -0.3 is 0 Å². The number of rotatable bonds is 2. The van der Waals surface area contributed by atoms with Crippen molar-refractivity contribution in [2.24, 2.45) is 0 Å². The van der Waals surface area contributed by atoms with Crippen molar-refractivity contribution in [3.8, 4) is 0 Å². The van der Waals surface area contributed by atoms with E-state index in [1.54, 1.807) is 0 Å². The average molecular weight is 222 g/mol. The fourth-order valence-electron chi connectivity index (χ4n) is 0.734. The third-order valence-electron chi connectivity index (χ3n) is 1.31. The second-order valence-corrected chi connectivity index (χ2v) is 4.22. The molecule has 5 nitrogen and oxygen atoms in total. The van der Waals surface area contributed by atoms with Crippen molar-refractivity contribution < 1.29 is 12.7 Å². The van der Waals surface area contributed by atoms with Gasteiger partial charge in [0.15, 0.2) is 9.22 Å². The highest BCUT2D eigenvalue weighted by Crippen LogP contribution is 2.21. The van der Waals surface area contributed by atoms with E-state index in [1.165, 1.54) is 18.2 Å². The number of hydrogen-bond acceptors (Lipinski definition) is 4. The fourth-order valence-corrected chi connectivity index (χ4v) is 1.89. The molecule has 0 aromatic heterocycles. The van der Waals surface area contributed by atoms with E-state index in [9.17, 15) is 18.5 Å². The van der Waals surface area contributed by atoms with Gasteiger partial charge in [0.2, 0.25) is 0 Å². The second-order valence-electron chi connectivity index (χ2n) is 2.13. The zero-order chi connectivity index (χ0) is 10.1. The SMILES string of the molecule is O=[N+]([O-])S(=O)(=O)c1ccccc1Cl. The Labute approximate surface area is 79.1 Å². The topological polar surface area (TPSA) is 77.3 Å². The molecule has 1 aromatic carbocycles. The van der Waals surface area contributed by atoms with Crippen LogP contribution >= 0.6 is 11.6 Å². The summed E-state index contributed by atoms with van der Waals surface area (Å²) in [5.74, 6) is 0. The van der Waals surface area contributed by atoms with Gasteiger partial charge in [-0.15, -0.1) is 0 Å². The molecule has 0 spiro atoms. The average Bonchev–Trinajstić information content (AvgIpc) is 2.04. The van der Waals surface area contributed by atoms with Gasteiger partial charge in [0, 0.05) is 0 Å². The molecule has 0 heterocycles. The van der Waals surface area contributed by atoms with Gasteiger partial charge in [-0.1, -0.05) is 23.7 Å². The van der Waals surface area contributed by atoms with Crippen LogP contribution in [0.3, 0.4) is 0 Å². The lowest BCUT2D eigenvalue weighted by Crippen LogP contribution is -2.12. The Morgan fingerprint density at radius 2 is 1.85 bits per heavy atom. The normalized spacial score (nSPS) is 11.2. The Morgan fingerprint density at radius 1 is 1.31 bits per heavy atom. The van der Waals surface area contributed by atoms with Crippen molar-refractivity contribution in [2.75, 3.05) is 0 Å². The fraction of sp³-hybridized carbons (Fsp3) is 0. The summed E-state index contributed by atoms with van der Waals surface area (Å²) in [5.41, 5.74) is 0. The largest absolute Gasteiger partial charge is 0.449 e. The van der Waals surface area contributed by atoms with Gasteiger partial charge in [0.25, 0.3) is 0 Å². The minimum atomic E-state index is -4.52. The molecule has 1 aromatic rings. The minimum Gasteiger partial charge on any atom is -0.247 e. The van der Waals surface area contributed by atoms with Crippen LogP contribution in [0.15, 0.2) is 29.2 Å². The van der Waals surface area contributed by atoms with Crippen LogP contribution in [0.5, 0.6) is 0 Å². The summed E-state index contributed by atoms with van der Waals surface area (Å²) >= 11 is 5.47. The monoisotopic (exact) mass is 221 g/mol. The van der Waals surface area contributed by atoms with Crippen LogP contribution in [-0.4, -0.2) is 12.7 Å². The highest BCUT2D eigenvalue weighted by atomic mass is 35.5. The van der Waals surface area contributed by atoms with Gasteiger partial charge >= 0.3 is 10.0 Å². The quantitative estimate of drug-likeness (QED) is 0.557.